The third-order valence-corrected chi connectivity index (χ3v) is 5.24. The van der Waals surface area contributed by atoms with Crippen LogP contribution in [0.3, 0.4) is 0 Å². The number of carboxylic acid groups (broad SMARTS) is 1. The van der Waals surface area contributed by atoms with Gasteiger partial charge in [-0.3, -0.25) is 4.79 Å². The molecule has 11 heteroatoms. The molecule has 10 atom stereocenters. The van der Waals surface area contributed by atoms with E-state index < -0.39 is 66.9 Å². The average Bonchev–Trinajstić information content (AvgIpc) is 2.63. The molecule has 5 N–H and O–H groups in total. The second-order valence-corrected chi connectivity index (χ2v) is 7.19. The van der Waals surface area contributed by atoms with Gasteiger partial charge in [-0.1, -0.05) is 6.92 Å². The van der Waals surface area contributed by atoms with Gasteiger partial charge in [0, 0.05) is 20.0 Å². The maximum Gasteiger partial charge on any atom is 0.335 e. The molecule has 0 bridgehead atoms. The van der Waals surface area contributed by atoms with Crippen LogP contribution < -0.4 is 5.32 Å². The zero-order valence-corrected chi connectivity index (χ0v) is 16.2. The van der Waals surface area contributed by atoms with Crippen molar-refractivity contribution in [3.05, 3.63) is 0 Å². The van der Waals surface area contributed by atoms with E-state index in [1.54, 1.807) is 6.92 Å². The first-order chi connectivity index (χ1) is 13.1. The fourth-order valence-electron chi connectivity index (χ4n) is 3.69. The number of amides is 1. The second kappa shape index (κ2) is 9.44. The molecule has 2 saturated heterocycles. The molecule has 162 valence electrons. The van der Waals surface area contributed by atoms with Crippen molar-refractivity contribution < 1.29 is 49.0 Å². The number of methoxy groups -OCH3 is 1. The zero-order chi connectivity index (χ0) is 21.2. The first-order valence-electron chi connectivity index (χ1n) is 9.08. The smallest absolute Gasteiger partial charge is 0.335 e. The summed E-state index contributed by atoms with van der Waals surface area (Å²) in [5.41, 5.74) is 0. The SMILES string of the molecule is CO[C@H]1C(NC(C)=O)[C@H](O[C@H]2C(C(=O)O)O[C@@H](C)C(O)C2O)OC(CO)[C@H]1C. The average molecular weight is 407 g/mol. The Morgan fingerprint density at radius 2 is 1.75 bits per heavy atom. The van der Waals surface area contributed by atoms with Gasteiger partial charge in [0.1, 0.15) is 24.4 Å². The van der Waals surface area contributed by atoms with Crippen molar-refractivity contribution in [1.29, 1.82) is 0 Å². The number of carbonyl (C=O) groups excluding carboxylic acids is 1. The third kappa shape index (κ3) is 4.62. The Balaban J connectivity index is 2.31. The van der Waals surface area contributed by atoms with Crippen LogP contribution in [0.4, 0.5) is 0 Å². The molecule has 0 aliphatic carbocycles. The lowest BCUT2D eigenvalue weighted by Crippen LogP contribution is -2.66. The van der Waals surface area contributed by atoms with Crippen LogP contribution in [0.1, 0.15) is 20.8 Å². The minimum Gasteiger partial charge on any atom is -0.479 e. The number of aliphatic hydroxyl groups excluding tert-OH is 3. The lowest BCUT2D eigenvalue weighted by Gasteiger charge is -2.47. The Bertz CT molecular complexity index is 560. The number of carboxylic acids is 1. The number of hydrogen-bond donors (Lipinski definition) is 5. The molecular formula is C17H29NO10. The van der Waals surface area contributed by atoms with Crippen molar-refractivity contribution in [3.63, 3.8) is 0 Å². The predicted molar refractivity (Wildman–Crippen MR) is 92.2 cm³/mol. The topological polar surface area (TPSA) is 164 Å². The van der Waals surface area contributed by atoms with Crippen LogP contribution in [0.2, 0.25) is 0 Å². The van der Waals surface area contributed by atoms with Gasteiger partial charge >= 0.3 is 5.97 Å². The molecule has 2 aliphatic rings. The zero-order valence-electron chi connectivity index (χ0n) is 16.2. The number of carbonyl (C=O) groups is 2. The Labute approximate surface area is 162 Å². The van der Waals surface area contributed by atoms with Crippen LogP contribution in [-0.2, 0) is 28.5 Å². The number of aliphatic hydroxyl groups is 3. The van der Waals surface area contributed by atoms with Gasteiger partial charge in [0.05, 0.1) is 24.9 Å². The van der Waals surface area contributed by atoms with Gasteiger partial charge in [-0.15, -0.1) is 0 Å². The Morgan fingerprint density at radius 1 is 1.11 bits per heavy atom. The van der Waals surface area contributed by atoms with Gasteiger partial charge in [0.25, 0.3) is 0 Å². The lowest BCUT2D eigenvalue weighted by atomic mass is 9.88. The van der Waals surface area contributed by atoms with Crippen LogP contribution in [0.5, 0.6) is 0 Å². The molecule has 5 unspecified atom stereocenters. The van der Waals surface area contributed by atoms with Gasteiger partial charge in [0.2, 0.25) is 5.91 Å². The standard InChI is InChI=1S/C17H29NO10/c1-6-9(5-19)27-17(10(13(6)25-4)18-8(3)20)28-14-12(22)11(21)7(2)26-15(14)16(23)24/h6-7,9-15,17,19,21-22H,5H2,1-4H3,(H,18,20)(H,23,24)/t6-,7+,9?,10?,11?,12?,13-,14-,15?,17+/m1/s1. The van der Waals surface area contributed by atoms with Crippen molar-refractivity contribution in [3.8, 4) is 0 Å². The van der Waals surface area contributed by atoms with E-state index in [0.717, 1.165) is 0 Å². The number of ether oxygens (including phenoxy) is 4. The summed E-state index contributed by atoms with van der Waals surface area (Å²) < 4.78 is 22.2. The highest BCUT2D eigenvalue weighted by atomic mass is 16.7. The fraction of sp³-hybridized carbons (Fsp3) is 0.882. The highest BCUT2D eigenvalue weighted by Crippen LogP contribution is 2.32. The van der Waals surface area contributed by atoms with Crippen molar-refractivity contribution in [2.45, 2.75) is 75.8 Å². The van der Waals surface area contributed by atoms with E-state index in [0.29, 0.717) is 0 Å². The third-order valence-electron chi connectivity index (χ3n) is 5.24. The fourth-order valence-corrected chi connectivity index (χ4v) is 3.69. The monoisotopic (exact) mass is 407 g/mol. The quantitative estimate of drug-likeness (QED) is 0.327. The second-order valence-electron chi connectivity index (χ2n) is 7.19. The Hall–Kier alpha value is -1.34. The highest BCUT2D eigenvalue weighted by molar-refractivity contribution is 5.74. The molecule has 1 amide bonds. The molecule has 2 rings (SSSR count). The van der Waals surface area contributed by atoms with E-state index in [-0.39, 0.29) is 12.5 Å². The summed E-state index contributed by atoms with van der Waals surface area (Å²) >= 11 is 0. The normalized spacial score (nSPS) is 44.1. The summed E-state index contributed by atoms with van der Waals surface area (Å²) in [5.74, 6) is -2.10. The number of hydrogen-bond acceptors (Lipinski definition) is 9. The van der Waals surface area contributed by atoms with Crippen molar-refractivity contribution >= 4 is 11.9 Å². The van der Waals surface area contributed by atoms with Gasteiger partial charge in [-0.05, 0) is 6.92 Å². The highest BCUT2D eigenvalue weighted by Gasteiger charge is 2.51. The van der Waals surface area contributed by atoms with Crippen LogP contribution in [0.25, 0.3) is 0 Å². The van der Waals surface area contributed by atoms with E-state index in [4.69, 9.17) is 18.9 Å². The molecule has 2 fully saturated rings. The van der Waals surface area contributed by atoms with Gasteiger partial charge in [-0.25, -0.2) is 4.79 Å². The van der Waals surface area contributed by atoms with E-state index in [2.05, 4.69) is 5.32 Å². The Kier molecular flexibility index (Phi) is 7.73. The molecule has 0 radical (unpaired) electrons. The molecule has 0 aromatic carbocycles. The minimum absolute atomic E-state index is 0.319. The van der Waals surface area contributed by atoms with E-state index in [9.17, 15) is 30.0 Å². The predicted octanol–water partition coefficient (Wildman–Crippen LogP) is -2.16. The number of aliphatic carboxylic acids is 1. The molecule has 0 aromatic heterocycles. The molecule has 28 heavy (non-hydrogen) atoms. The largest absolute Gasteiger partial charge is 0.479 e. The van der Waals surface area contributed by atoms with Crippen LogP contribution in [0.15, 0.2) is 0 Å². The Morgan fingerprint density at radius 3 is 2.25 bits per heavy atom. The van der Waals surface area contributed by atoms with Gasteiger partial charge < -0.3 is 44.7 Å². The first-order valence-corrected chi connectivity index (χ1v) is 9.08. The number of rotatable bonds is 6. The summed E-state index contributed by atoms with van der Waals surface area (Å²) in [6.45, 7) is 4.13. The molecule has 2 heterocycles. The van der Waals surface area contributed by atoms with E-state index in [1.165, 1.54) is 21.0 Å². The number of nitrogens with one attached hydrogen (secondary N) is 1. The van der Waals surface area contributed by atoms with Crippen molar-refractivity contribution in [2.24, 2.45) is 5.92 Å². The molecule has 2 aliphatic heterocycles. The van der Waals surface area contributed by atoms with Crippen LogP contribution >= 0.6 is 0 Å². The van der Waals surface area contributed by atoms with Crippen molar-refractivity contribution in [2.75, 3.05) is 13.7 Å². The summed E-state index contributed by atoms with van der Waals surface area (Å²) in [4.78, 5) is 23.2. The van der Waals surface area contributed by atoms with Crippen LogP contribution in [0, 0.1) is 5.92 Å². The van der Waals surface area contributed by atoms with E-state index in [1.807, 2.05) is 0 Å². The molecule has 0 saturated carbocycles. The van der Waals surface area contributed by atoms with Crippen LogP contribution in [-0.4, -0.2) is 101 Å². The minimum atomic E-state index is -1.57. The molecule has 0 spiro atoms. The van der Waals surface area contributed by atoms with Crippen molar-refractivity contribution in [1.82, 2.24) is 5.32 Å². The maximum atomic E-state index is 11.7. The summed E-state index contributed by atoms with van der Waals surface area (Å²) in [7, 11) is 1.43. The summed E-state index contributed by atoms with van der Waals surface area (Å²) in [6, 6.07) is -0.849. The first kappa shape index (κ1) is 22.9. The molecule has 11 nitrogen and oxygen atoms in total. The lowest BCUT2D eigenvalue weighted by molar-refractivity contribution is -0.312. The maximum absolute atomic E-state index is 11.7. The molecule has 0 aromatic rings. The molecular weight excluding hydrogens is 378 g/mol. The van der Waals surface area contributed by atoms with Gasteiger partial charge in [-0.2, -0.15) is 0 Å². The summed E-state index contributed by atoms with van der Waals surface area (Å²) in [5, 5.41) is 42.1. The van der Waals surface area contributed by atoms with Gasteiger partial charge in [0.15, 0.2) is 12.4 Å². The summed E-state index contributed by atoms with van der Waals surface area (Å²) in [6.07, 6.45) is -9.51. The van der Waals surface area contributed by atoms with E-state index >= 15 is 0 Å².